The number of benzene rings is 5. The van der Waals surface area contributed by atoms with Gasteiger partial charge in [0.1, 0.15) is 0 Å². The Morgan fingerprint density at radius 1 is 0.804 bits per heavy atom. The third-order valence-corrected chi connectivity index (χ3v) is 10.1. The molecule has 7 rings (SSSR count). The zero-order valence-electron chi connectivity index (χ0n) is 26.0. The number of carbonyl (C=O) groups excluding carboxylic acids is 1. The first-order valence-corrected chi connectivity index (χ1v) is 16.0. The van der Waals surface area contributed by atoms with E-state index in [2.05, 4.69) is 64.6 Å². The molecular formula is C38H36ClN5O2. The van der Waals surface area contributed by atoms with E-state index < -0.39 is 11.8 Å². The zero-order chi connectivity index (χ0) is 32.1. The van der Waals surface area contributed by atoms with Gasteiger partial charge >= 0.3 is 0 Å². The van der Waals surface area contributed by atoms with Gasteiger partial charge in [-0.15, -0.1) is 0 Å². The summed E-state index contributed by atoms with van der Waals surface area (Å²) < 4.78 is 1.50. The normalized spacial score (nSPS) is 16.7. The van der Waals surface area contributed by atoms with Crippen LogP contribution in [-0.2, 0) is 4.79 Å². The molecule has 3 unspecified atom stereocenters. The summed E-state index contributed by atoms with van der Waals surface area (Å²) in [6, 6.07) is 30.8. The molecule has 5 aromatic carbocycles. The molecule has 1 aliphatic rings. The van der Waals surface area contributed by atoms with Crippen LogP contribution in [0.5, 0.6) is 0 Å². The Hall–Kier alpha value is -5.01. The van der Waals surface area contributed by atoms with Crippen LogP contribution < -0.4 is 27.4 Å². The molecular weight excluding hydrogens is 594 g/mol. The van der Waals surface area contributed by atoms with Gasteiger partial charge in [0.05, 0.1) is 22.8 Å². The Kier molecular flexibility index (Phi) is 7.57. The standard InChI is InChI=1S/C38H36ClN5O2/c1-41-32-19-22-18-30(38(46)44(43-3)34(22)20-33(32)42-2)36(37(40)45)29-17-16-27(25-10-6-7-11-31(25)39)35-26-13-12-21-8-4-5-9-23(21)24(26)14-15-28(29)35/h4-15,18-20,27,29,36,41-43H,16-17H2,1-3H3,(H2,40,45). The number of fused-ring (bicyclic) bond motifs is 6. The lowest BCUT2D eigenvalue weighted by molar-refractivity contribution is -0.120. The number of rotatable bonds is 7. The number of hydrogen-bond acceptors (Lipinski definition) is 5. The third-order valence-electron chi connectivity index (χ3n) is 9.77. The summed E-state index contributed by atoms with van der Waals surface area (Å²) in [6.07, 6.45) is 1.41. The highest BCUT2D eigenvalue weighted by Gasteiger charge is 2.39. The van der Waals surface area contributed by atoms with Crippen molar-refractivity contribution in [3.8, 4) is 0 Å². The molecule has 0 bridgehead atoms. The van der Waals surface area contributed by atoms with E-state index in [1.54, 1.807) is 7.05 Å². The van der Waals surface area contributed by atoms with Gasteiger partial charge in [0.15, 0.2) is 0 Å². The van der Waals surface area contributed by atoms with Crippen molar-refractivity contribution in [2.24, 2.45) is 5.73 Å². The number of nitrogens with two attached hydrogens (primary N) is 1. The topological polar surface area (TPSA) is 101 Å². The van der Waals surface area contributed by atoms with Gasteiger partial charge in [-0.3, -0.25) is 9.59 Å². The minimum atomic E-state index is -0.845. The van der Waals surface area contributed by atoms with Crippen molar-refractivity contribution in [3.63, 3.8) is 0 Å². The number of halogens is 1. The Morgan fingerprint density at radius 2 is 1.52 bits per heavy atom. The van der Waals surface area contributed by atoms with Gasteiger partial charge in [-0.05, 0) is 75.3 Å². The van der Waals surface area contributed by atoms with Gasteiger partial charge in [0, 0.05) is 49.0 Å². The highest BCUT2D eigenvalue weighted by molar-refractivity contribution is 6.31. The molecule has 7 nitrogen and oxygen atoms in total. The second kappa shape index (κ2) is 11.7. The first kappa shape index (κ1) is 29.7. The van der Waals surface area contributed by atoms with Gasteiger partial charge in [-0.25, -0.2) is 4.68 Å². The van der Waals surface area contributed by atoms with E-state index in [9.17, 15) is 9.59 Å². The summed E-state index contributed by atoms with van der Waals surface area (Å²) in [5, 5.41) is 12.5. The van der Waals surface area contributed by atoms with Crippen LogP contribution in [0.1, 0.15) is 52.8 Å². The molecule has 6 aromatic rings. The predicted octanol–water partition coefficient (Wildman–Crippen LogP) is 7.50. The van der Waals surface area contributed by atoms with Crippen molar-refractivity contribution in [1.82, 2.24) is 4.68 Å². The van der Waals surface area contributed by atoms with Gasteiger partial charge < -0.3 is 21.8 Å². The number of primary amides is 1. The molecule has 5 N–H and O–H groups in total. The molecule has 0 radical (unpaired) electrons. The number of hydrogen-bond donors (Lipinski definition) is 4. The second-order valence-corrected chi connectivity index (χ2v) is 12.4. The number of nitrogens with one attached hydrogen (secondary N) is 3. The molecule has 1 amide bonds. The SMILES string of the molecule is CNc1cc2cc(C(C(N)=O)C3CCC(c4ccccc4Cl)c4c3ccc3c4ccc4ccccc43)c(=O)n(NC)c2cc1NC. The maximum Gasteiger partial charge on any atom is 0.273 e. The van der Waals surface area contributed by atoms with Gasteiger partial charge in [0.2, 0.25) is 5.91 Å². The fraction of sp³-hybridized carbons (Fsp3) is 0.211. The average Bonchev–Trinajstić information content (AvgIpc) is 3.08. The molecule has 0 fully saturated rings. The number of aromatic nitrogens is 1. The fourth-order valence-electron chi connectivity index (χ4n) is 7.71. The lowest BCUT2D eigenvalue weighted by Crippen LogP contribution is -2.37. The maximum absolute atomic E-state index is 14.2. The molecule has 0 saturated heterocycles. The van der Waals surface area contributed by atoms with E-state index in [-0.39, 0.29) is 17.4 Å². The summed E-state index contributed by atoms with van der Waals surface area (Å²) in [6.45, 7) is 0. The molecule has 1 aromatic heterocycles. The number of carbonyl (C=O) groups is 1. The molecule has 0 spiro atoms. The monoisotopic (exact) mass is 629 g/mol. The largest absolute Gasteiger partial charge is 0.386 e. The quantitative estimate of drug-likeness (QED) is 0.137. The van der Waals surface area contributed by atoms with E-state index >= 15 is 0 Å². The van der Waals surface area contributed by atoms with Crippen LogP contribution in [0.2, 0.25) is 5.02 Å². The van der Waals surface area contributed by atoms with Crippen LogP contribution in [-0.4, -0.2) is 31.7 Å². The van der Waals surface area contributed by atoms with Crippen molar-refractivity contribution < 1.29 is 4.79 Å². The average molecular weight is 630 g/mol. The minimum Gasteiger partial charge on any atom is -0.386 e. The zero-order valence-corrected chi connectivity index (χ0v) is 26.8. The van der Waals surface area contributed by atoms with Crippen LogP contribution in [0.25, 0.3) is 32.4 Å². The highest BCUT2D eigenvalue weighted by Crippen LogP contribution is 2.51. The molecule has 232 valence electrons. The Labute approximate surface area is 272 Å². The minimum absolute atomic E-state index is 0.0158. The van der Waals surface area contributed by atoms with Gasteiger partial charge in [-0.1, -0.05) is 78.3 Å². The van der Waals surface area contributed by atoms with Crippen molar-refractivity contribution in [2.75, 3.05) is 37.2 Å². The van der Waals surface area contributed by atoms with E-state index in [0.717, 1.165) is 56.0 Å². The van der Waals surface area contributed by atoms with Crippen LogP contribution in [0.4, 0.5) is 11.4 Å². The predicted molar refractivity (Wildman–Crippen MR) is 191 cm³/mol. The molecule has 46 heavy (non-hydrogen) atoms. The van der Waals surface area contributed by atoms with Crippen LogP contribution in [0, 0.1) is 0 Å². The first-order chi connectivity index (χ1) is 22.4. The van der Waals surface area contributed by atoms with Crippen LogP contribution in [0.15, 0.2) is 95.8 Å². The summed E-state index contributed by atoms with van der Waals surface area (Å²) in [5.74, 6) is -1.66. The van der Waals surface area contributed by atoms with Crippen LogP contribution in [0.3, 0.4) is 0 Å². The van der Waals surface area contributed by atoms with Crippen LogP contribution >= 0.6 is 11.6 Å². The fourth-order valence-corrected chi connectivity index (χ4v) is 7.98. The lowest BCUT2D eigenvalue weighted by atomic mass is 9.67. The number of nitrogens with zero attached hydrogens (tertiary/aromatic N) is 1. The summed E-state index contributed by atoms with van der Waals surface area (Å²) in [7, 11) is 5.39. The van der Waals surface area contributed by atoms with E-state index in [4.69, 9.17) is 17.3 Å². The molecule has 0 saturated carbocycles. The van der Waals surface area contributed by atoms with E-state index in [1.165, 1.54) is 10.1 Å². The summed E-state index contributed by atoms with van der Waals surface area (Å²) in [4.78, 5) is 27.8. The number of amides is 1. The highest BCUT2D eigenvalue weighted by atomic mass is 35.5. The Bertz CT molecular complexity index is 2230. The van der Waals surface area contributed by atoms with E-state index in [0.29, 0.717) is 22.5 Å². The smallest absolute Gasteiger partial charge is 0.273 e. The molecule has 1 heterocycles. The summed E-state index contributed by atoms with van der Waals surface area (Å²) in [5.41, 5.74) is 15.1. The number of pyridine rings is 1. The van der Waals surface area contributed by atoms with Crippen molar-refractivity contribution in [1.29, 1.82) is 0 Å². The van der Waals surface area contributed by atoms with Gasteiger partial charge in [-0.2, -0.15) is 0 Å². The van der Waals surface area contributed by atoms with Crippen molar-refractivity contribution in [2.45, 2.75) is 30.6 Å². The Morgan fingerprint density at radius 3 is 2.26 bits per heavy atom. The van der Waals surface area contributed by atoms with Crippen molar-refractivity contribution >= 4 is 61.3 Å². The Balaban J connectivity index is 1.49. The van der Waals surface area contributed by atoms with Gasteiger partial charge in [0.25, 0.3) is 5.56 Å². The van der Waals surface area contributed by atoms with E-state index in [1.807, 2.05) is 56.6 Å². The lowest BCUT2D eigenvalue weighted by Gasteiger charge is -2.37. The second-order valence-electron chi connectivity index (χ2n) is 12.0. The molecule has 8 heteroatoms. The molecule has 0 aliphatic heterocycles. The number of anilines is 2. The molecule has 1 aliphatic carbocycles. The summed E-state index contributed by atoms with van der Waals surface area (Å²) >= 11 is 6.84. The first-order valence-electron chi connectivity index (χ1n) is 15.6. The maximum atomic E-state index is 14.2. The van der Waals surface area contributed by atoms with Crippen molar-refractivity contribution in [3.05, 3.63) is 129 Å². The molecule has 3 atom stereocenters. The third kappa shape index (κ3) is 4.65.